The number of aromatic nitrogens is 1. The molecule has 1 aliphatic carbocycles. The van der Waals surface area contributed by atoms with E-state index in [1.54, 1.807) is 7.11 Å². The molecule has 10 heteroatoms. The maximum atomic E-state index is 13.4. The van der Waals surface area contributed by atoms with Gasteiger partial charge in [0.25, 0.3) is 5.91 Å². The first-order valence-electron chi connectivity index (χ1n) is 14.8. The van der Waals surface area contributed by atoms with Gasteiger partial charge in [-0.1, -0.05) is 25.5 Å². The van der Waals surface area contributed by atoms with Crippen molar-refractivity contribution in [3.63, 3.8) is 0 Å². The van der Waals surface area contributed by atoms with Crippen LogP contribution in [0.25, 0.3) is 0 Å². The molecule has 2 aromatic rings. The number of rotatable bonds is 12. The van der Waals surface area contributed by atoms with Gasteiger partial charge in [-0.05, 0) is 75.0 Å². The topological polar surface area (TPSA) is 122 Å². The minimum Gasteiger partial charge on any atom is -0.497 e. The van der Waals surface area contributed by atoms with E-state index in [0.717, 1.165) is 37.0 Å². The van der Waals surface area contributed by atoms with E-state index in [1.807, 2.05) is 26.0 Å². The van der Waals surface area contributed by atoms with Crippen LogP contribution in [0.3, 0.4) is 0 Å². The quantitative estimate of drug-likeness (QED) is 0.356. The van der Waals surface area contributed by atoms with Crippen LogP contribution in [0.4, 0.5) is 0 Å². The minimum atomic E-state index is -0.907. The summed E-state index contributed by atoms with van der Waals surface area (Å²) in [4.78, 5) is 43.2. The molecule has 2 fully saturated rings. The molecule has 1 aliphatic heterocycles. The minimum absolute atomic E-state index is 0.0751. The number of benzene rings is 1. The van der Waals surface area contributed by atoms with Crippen molar-refractivity contribution in [3.8, 4) is 17.2 Å². The normalized spacial score (nSPS) is 22.6. The number of nitrogens with zero attached hydrogens (tertiary/aromatic N) is 1. The lowest BCUT2D eigenvalue weighted by molar-refractivity contribution is -0.161. The lowest BCUT2D eigenvalue weighted by Gasteiger charge is -2.31. The molecule has 4 rings (SSSR count). The number of cyclic esters (lactones) is 1. The van der Waals surface area contributed by atoms with Gasteiger partial charge in [-0.25, -0.2) is 9.78 Å². The van der Waals surface area contributed by atoms with Gasteiger partial charge in [-0.15, -0.1) is 0 Å². The monoisotopic (exact) mass is 582 g/mol. The summed E-state index contributed by atoms with van der Waals surface area (Å²) in [5.41, 5.74) is 1.01. The van der Waals surface area contributed by atoms with Crippen LogP contribution in [0.5, 0.6) is 17.2 Å². The van der Waals surface area contributed by atoms with E-state index < -0.39 is 30.0 Å². The zero-order chi connectivity index (χ0) is 30.1. The Labute approximate surface area is 247 Å². The summed E-state index contributed by atoms with van der Waals surface area (Å²) < 4.78 is 28.4. The molecule has 4 atom stereocenters. The second-order valence-corrected chi connectivity index (χ2v) is 11.1. The van der Waals surface area contributed by atoms with Crippen LogP contribution in [0.15, 0.2) is 36.5 Å². The summed E-state index contributed by atoms with van der Waals surface area (Å²) in [5, 5.41) is 2.77. The fourth-order valence-electron chi connectivity index (χ4n) is 5.25. The third-order valence-electron chi connectivity index (χ3n) is 7.74. The van der Waals surface area contributed by atoms with Crippen LogP contribution >= 0.6 is 0 Å². The van der Waals surface area contributed by atoms with Crippen molar-refractivity contribution in [1.82, 2.24) is 10.3 Å². The summed E-state index contributed by atoms with van der Waals surface area (Å²) in [6, 6.07) is 8.59. The number of esters is 2. The maximum absolute atomic E-state index is 13.4. The number of pyridine rings is 1. The van der Waals surface area contributed by atoms with Crippen molar-refractivity contribution in [3.05, 3.63) is 47.8 Å². The van der Waals surface area contributed by atoms with Gasteiger partial charge < -0.3 is 29.0 Å². The molecule has 1 N–H and O–H groups in total. The van der Waals surface area contributed by atoms with Crippen molar-refractivity contribution < 1.29 is 38.1 Å². The highest BCUT2D eigenvalue weighted by atomic mass is 16.6. The molecular formula is C32H42N2O8. The van der Waals surface area contributed by atoms with E-state index >= 15 is 0 Å². The Balaban J connectivity index is 1.51. The number of nitrogens with one attached hydrogen (secondary N) is 1. The molecule has 1 saturated carbocycles. The molecule has 228 valence electrons. The number of amides is 1. The molecular weight excluding hydrogens is 540 g/mol. The number of ether oxygens (including phenoxy) is 5. The molecule has 2 aliphatic rings. The first-order chi connectivity index (χ1) is 20.3. The molecule has 2 heterocycles. The van der Waals surface area contributed by atoms with Crippen LogP contribution < -0.4 is 19.5 Å². The number of hydrogen-bond donors (Lipinski definition) is 1. The Morgan fingerprint density at radius 1 is 1.05 bits per heavy atom. The lowest BCUT2D eigenvalue weighted by atomic mass is 9.86. The molecule has 0 radical (unpaired) electrons. The largest absolute Gasteiger partial charge is 0.497 e. The Bertz CT molecular complexity index is 1210. The maximum Gasteiger partial charge on any atom is 0.329 e. The molecule has 1 saturated heterocycles. The van der Waals surface area contributed by atoms with Gasteiger partial charge in [0.15, 0.2) is 11.4 Å². The molecule has 1 aromatic heterocycles. The van der Waals surface area contributed by atoms with Crippen molar-refractivity contribution >= 4 is 17.8 Å². The molecule has 1 aromatic carbocycles. The van der Waals surface area contributed by atoms with E-state index in [9.17, 15) is 14.4 Å². The number of methoxy groups -OCH3 is 2. The molecule has 0 bridgehead atoms. The second-order valence-electron chi connectivity index (χ2n) is 11.1. The Kier molecular flexibility index (Phi) is 11.2. The van der Waals surface area contributed by atoms with Crippen molar-refractivity contribution in [2.45, 2.75) is 83.5 Å². The molecule has 1 amide bonds. The molecule has 10 nitrogen and oxygen atoms in total. The zero-order valence-corrected chi connectivity index (χ0v) is 24.9. The highest BCUT2D eigenvalue weighted by molar-refractivity contribution is 5.98. The summed E-state index contributed by atoms with van der Waals surface area (Å²) >= 11 is 0. The van der Waals surface area contributed by atoms with Gasteiger partial charge in [-0.2, -0.15) is 0 Å². The van der Waals surface area contributed by atoms with Gasteiger partial charge >= 0.3 is 11.9 Å². The number of carbonyl (C=O) groups is 3. The summed E-state index contributed by atoms with van der Waals surface area (Å²) in [5.74, 6) is -0.106. The Hall–Kier alpha value is -3.66. The van der Waals surface area contributed by atoms with Crippen LogP contribution in [0, 0.1) is 11.8 Å². The van der Waals surface area contributed by atoms with Gasteiger partial charge in [0.05, 0.1) is 20.3 Å². The van der Waals surface area contributed by atoms with Crippen molar-refractivity contribution in [2.24, 2.45) is 11.8 Å². The fourth-order valence-corrected chi connectivity index (χ4v) is 5.25. The Morgan fingerprint density at radius 3 is 2.48 bits per heavy atom. The highest BCUT2D eigenvalue weighted by Crippen LogP contribution is 2.34. The van der Waals surface area contributed by atoms with Crippen molar-refractivity contribution in [2.75, 3.05) is 20.8 Å². The predicted octanol–water partition coefficient (Wildman–Crippen LogP) is 4.67. The first-order valence-corrected chi connectivity index (χ1v) is 14.8. The summed E-state index contributed by atoms with van der Waals surface area (Å²) in [7, 11) is 3.06. The number of hydrogen-bond acceptors (Lipinski definition) is 9. The van der Waals surface area contributed by atoms with Gasteiger partial charge in [0.2, 0.25) is 5.75 Å². The standard InChI is InChI=1S/C32H42N2O8/c1-5-7-27(35)42-30-26(39-4)16-17-33-28(30)31(36)34-25-9-6-8-23(18-21-12-14-24(38-3)15-13-21)29(20(2)41-32(25)37)40-19-22-10-11-22/h12-17,20,22-23,25,29H,5-11,18-19H2,1-4H3,(H,34,36). The van der Waals surface area contributed by atoms with Crippen LogP contribution in [-0.2, 0) is 25.5 Å². The van der Waals surface area contributed by atoms with E-state index in [4.69, 9.17) is 23.7 Å². The SMILES string of the molecule is CCCC(=O)Oc1c(OC)ccnc1C(=O)NC1CCCC(Cc2ccc(OC)cc2)C(OCC2CC2)C(C)OC1=O. The van der Waals surface area contributed by atoms with Gasteiger partial charge in [0, 0.05) is 25.3 Å². The molecule has 4 unspecified atom stereocenters. The van der Waals surface area contributed by atoms with Crippen LogP contribution in [-0.4, -0.2) is 61.9 Å². The van der Waals surface area contributed by atoms with E-state index in [-0.39, 0.29) is 35.6 Å². The van der Waals surface area contributed by atoms with Crippen molar-refractivity contribution in [1.29, 1.82) is 0 Å². The average Bonchev–Trinajstić information content (AvgIpc) is 3.80. The predicted molar refractivity (Wildman–Crippen MR) is 155 cm³/mol. The second kappa shape index (κ2) is 15.0. The van der Waals surface area contributed by atoms with E-state index in [0.29, 0.717) is 31.8 Å². The summed E-state index contributed by atoms with van der Waals surface area (Å²) in [6.07, 6.45) is 6.26. The van der Waals surface area contributed by atoms with Crippen LogP contribution in [0.2, 0.25) is 0 Å². The zero-order valence-electron chi connectivity index (χ0n) is 24.9. The van der Waals surface area contributed by atoms with E-state index in [1.165, 1.54) is 19.4 Å². The average molecular weight is 583 g/mol. The van der Waals surface area contributed by atoms with E-state index in [2.05, 4.69) is 22.4 Å². The van der Waals surface area contributed by atoms with Gasteiger partial charge in [0.1, 0.15) is 17.9 Å². The smallest absolute Gasteiger partial charge is 0.329 e. The third kappa shape index (κ3) is 8.44. The highest BCUT2D eigenvalue weighted by Gasteiger charge is 2.37. The van der Waals surface area contributed by atoms with Crippen LogP contribution in [0.1, 0.15) is 74.8 Å². The summed E-state index contributed by atoms with van der Waals surface area (Å²) in [6.45, 7) is 4.35. The lowest BCUT2D eigenvalue weighted by Crippen LogP contribution is -2.45. The molecule has 42 heavy (non-hydrogen) atoms. The molecule has 0 spiro atoms. The Morgan fingerprint density at radius 2 is 1.81 bits per heavy atom. The van der Waals surface area contributed by atoms with Gasteiger partial charge in [-0.3, -0.25) is 9.59 Å². The third-order valence-corrected chi connectivity index (χ3v) is 7.74. The fraction of sp³-hybridized carbons (Fsp3) is 0.562. The number of carbonyl (C=O) groups excluding carboxylic acids is 3. The first kappa shape index (κ1) is 31.3.